The first-order chi connectivity index (χ1) is 13.0. The van der Waals surface area contributed by atoms with E-state index in [1.54, 1.807) is 12.1 Å². The summed E-state index contributed by atoms with van der Waals surface area (Å²) in [6.45, 7) is 4.15. The third-order valence-corrected chi connectivity index (χ3v) is 7.92. The van der Waals surface area contributed by atoms with Gasteiger partial charge in [0.15, 0.2) is 0 Å². The topological polar surface area (TPSA) is 73.8 Å². The van der Waals surface area contributed by atoms with Crippen LogP contribution in [0.5, 0.6) is 0 Å². The minimum absolute atomic E-state index is 0.137. The van der Waals surface area contributed by atoms with Crippen LogP contribution in [0.25, 0.3) is 0 Å². The van der Waals surface area contributed by atoms with E-state index in [9.17, 15) is 13.2 Å². The lowest BCUT2D eigenvalue weighted by atomic mass is 10.2. The smallest absolute Gasteiger partial charge is 0.244 e. The molecular weight excluding hydrogens is 384 g/mol. The van der Waals surface area contributed by atoms with Crippen LogP contribution < -0.4 is 0 Å². The molecule has 0 unspecified atom stereocenters. The molecule has 3 heterocycles. The molecule has 2 aliphatic rings. The molecular formula is C18H28N4O3S2. The van der Waals surface area contributed by atoms with Crippen molar-refractivity contribution >= 4 is 27.7 Å². The maximum absolute atomic E-state index is 12.7. The van der Waals surface area contributed by atoms with E-state index in [1.807, 2.05) is 11.9 Å². The zero-order valence-electron chi connectivity index (χ0n) is 15.8. The van der Waals surface area contributed by atoms with Crippen molar-refractivity contribution in [2.24, 2.45) is 0 Å². The van der Waals surface area contributed by atoms with Crippen LogP contribution in [0.2, 0.25) is 0 Å². The molecule has 2 aliphatic heterocycles. The highest BCUT2D eigenvalue weighted by molar-refractivity contribution is 7.99. The lowest BCUT2D eigenvalue weighted by Gasteiger charge is -2.31. The molecule has 0 aromatic carbocycles. The number of amides is 1. The number of likely N-dealkylation sites (tertiary alicyclic amines) is 1. The Morgan fingerprint density at radius 1 is 1.04 bits per heavy atom. The molecule has 0 N–H and O–H groups in total. The monoisotopic (exact) mass is 412 g/mol. The summed E-state index contributed by atoms with van der Waals surface area (Å²) in [5.74, 6) is 0.482. The van der Waals surface area contributed by atoms with Crippen LogP contribution in [0.4, 0.5) is 0 Å². The van der Waals surface area contributed by atoms with Gasteiger partial charge in [0.2, 0.25) is 15.9 Å². The predicted molar refractivity (Wildman–Crippen MR) is 106 cm³/mol. The molecule has 1 aromatic heterocycles. The number of hydrogen-bond donors (Lipinski definition) is 0. The summed E-state index contributed by atoms with van der Waals surface area (Å²) in [6, 6.07) is 3.29. The molecule has 7 nitrogen and oxygen atoms in total. The van der Waals surface area contributed by atoms with E-state index in [-0.39, 0.29) is 10.8 Å². The molecule has 0 saturated carbocycles. The van der Waals surface area contributed by atoms with Crippen LogP contribution in [0.3, 0.4) is 0 Å². The third-order valence-electron chi connectivity index (χ3n) is 5.11. The molecule has 0 bridgehead atoms. The molecule has 0 radical (unpaired) electrons. The highest BCUT2D eigenvalue weighted by atomic mass is 32.2. The van der Waals surface area contributed by atoms with E-state index in [4.69, 9.17) is 0 Å². The van der Waals surface area contributed by atoms with Gasteiger partial charge < -0.3 is 9.80 Å². The number of rotatable bonds is 5. The van der Waals surface area contributed by atoms with Gasteiger partial charge in [-0.1, -0.05) is 24.6 Å². The largest absolute Gasteiger partial charge is 0.342 e. The first kappa shape index (κ1) is 20.6. The number of carbonyl (C=O) groups is 1. The second-order valence-electron chi connectivity index (χ2n) is 7.12. The van der Waals surface area contributed by atoms with Crippen LogP contribution in [0.1, 0.15) is 25.7 Å². The minimum Gasteiger partial charge on any atom is -0.342 e. The number of hydrogen-bond acceptors (Lipinski definition) is 6. The maximum atomic E-state index is 12.7. The van der Waals surface area contributed by atoms with Gasteiger partial charge in [0.05, 0.1) is 10.8 Å². The zero-order chi connectivity index (χ0) is 19.3. The highest BCUT2D eigenvalue weighted by Gasteiger charge is 2.27. The molecule has 9 heteroatoms. The quantitative estimate of drug-likeness (QED) is 0.683. The van der Waals surface area contributed by atoms with Crippen LogP contribution in [0.15, 0.2) is 28.3 Å². The van der Waals surface area contributed by atoms with Crippen molar-refractivity contribution < 1.29 is 13.2 Å². The summed E-state index contributed by atoms with van der Waals surface area (Å²) in [5, 5.41) is 0.676. The molecule has 0 atom stereocenters. The normalized spacial score (nSPS) is 20.4. The first-order valence-corrected chi connectivity index (χ1v) is 11.9. The van der Waals surface area contributed by atoms with E-state index in [2.05, 4.69) is 9.88 Å². The minimum atomic E-state index is -3.49. The van der Waals surface area contributed by atoms with E-state index >= 15 is 0 Å². The van der Waals surface area contributed by atoms with Crippen molar-refractivity contribution in [3.8, 4) is 0 Å². The first-order valence-electron chi connectivity index (χ1n) is 9.52. The molecule has 2 fully saturated rings. The van der Waals surface area contributed by atoms with Gasteiger partial charge in [-0.3, -0.25) is 4.79 Å². The average Bonchev–Trinajstić information content (AvgIpc) is 2.96. The summed E-state index contributed by atoms with van der Waals surface area (Å²) < 4.78 is 26.9. The highest BCUT2D eigenvalue weighted by Crippen LogP contribution is 2.21. The Hall–Kier alpha value is -1.16. The van der Waals surface area contributed by atoms with Crippen molar-refractivity contribution in [1.82, 2.24) is 19.1 Å². The van der Waals surface area contributed by atoms with Crippen LogP contribution in [0, 0.1) is 0 Å². The molecule has 1 amide bonds. The van der Waals surface area contributed by atoms with Gasteiger partial charge in [0.25, 0.3) is 0 Å². The maximum Gasteiger partial charge on any atom is 0.244 e. The fraction of sp³-hybridized carbons (Fsp3) is 0.667. The molecule has 1 aromatic rings. The van der Waals surface area contributed by atoms with E-state index < -0.39 is 10.0 Å². The second kappa shape index (κ2) is 9.36. The number of likely N-dealkylation sites (N-methyl/N-ethyl adjacent to an activating group) is 1. The van der Waals surface area contributed by atoms with Gasteiger partial charge in [-0.25, -0.2) is 13.4 Å². The van der Waals surface area contributed by atoms with Crippen molar-refractivity contribution in [3.05, 3.63) is 18.3 Å². The van der Waals surface area contributed by atoms with E-state index in [0.29, 0.717) is 23.9 Å². The number of piperazine rings is 1. The Morgan fingerprint density at radius 3 is 2.30 bits per heavy atom. The summed E-state index contributed by atoms with van der Waals surface area (Å²) >= 11 is 1.37. The van der Waals surface area contributed by atoms with Gasteiger partial charge in [-0.15, -0.1) is 0 Å². The van der Waals surface area contributed by atoms with Crippen molar-refractivity contribution in [3.63, 3.8) is 0 Å². The molecule has 3 rings (SSSR count). The number of aromatic nitrogens is 1. The predicted octanol–water partition coefficient (Wildman–Crippen LogP) is 1.51. The van der Waals surface area contributed by atoms with Crippen molar-refractivity contribution in [1.29, 1.82) is 0 Å². The van der Waals surface area contributed by atoms with Gasteiger partial charge in [-0.05, 0) is 32.0 Å². The summed E-state index contributed by atoms with van der Waals surface area (Å²) in [5.41, 5.74) is 0. The second-order valence-corrected chi connectivity index (χ2v) is 10.1. The number of carbonyl (C=O) groups excluding carboxylic acids is 1. The van der Waals surface area contributed by atoms with Gasteiger partial charge in [-0.2, -0.15) is 4.31 Å². The van der Waals surface area contributed by atoms with Crippen LogP contribution >= 0.6 is 11.8 Å². The Kier molecular flexibility index (Phi) is 7.13. The Balaban J connectivity index is 1.56. The third kappa shape index (κ3) is 5.43. The molecule has 27 heavy (non-hydrogen) atoms. The van der Waals surface area contributed by atoms with Gasteiger partial charge in [0, 0.05) is 45.5 Å². The number of nitrogens with zero attached hydrogens (tertiary/aromatic N) is 4. The summed E-state index contributed by atoms with van der Waals surface area (Å²) in [7, 11) is -1.50. The lowest BCUT2D eigenvalue weighted by molar-refractivity contribution is -0.128. The standard InChI is InChI=1S/C18H28N4O3S2/c1-20-10-12-22(13-11-20)27(24,25)16-6-7-17(19-14-16)26-15-18(23)21-8-4-2-3-5-9-21/h6-7,14H,2-5,8-13,15H2,1H3. The average molecular weight is 413 g/mol. The molecule has 150 valence electrons. The van der Waals surface area contributed by atoms with Gasteiger partial charge in [0.1, 0.15) is 4.90 Å². The van der Waals surface area contributed by atoms with Crippen molar-refractivity contribution in [2.45, 2.75) is 35.6 Å². The number of sulfonamides is 1. The molecule has 0 aliphatic carbocycles. The van der Waals surface area contributed by atoms with E-state index in [0.717, 1.165) is 39.0 Å². The Morgan fingerprint density at radius 2 is 1.70 bits per heavy atom. The summed E-state index contributed by atoms with van der Waals surface area (Å²) in [6.07, 6.45) is 5.96. The SMILES string of the molecule is CN1CCN(S(=O)(=O)c2ccc(SCC(=O)N3CCCCCC3)nc2)CC1. The van der Waals surface area contributed by atoms with Gasteiger partial charge >= 0.3 is 0 Å². The fourth-order valence-electron chi connectivity index (χ4n) is 3.33. The summed E-state index contributed by atoms with van der Waals surface area (Å²) in [4.78, 5) is 20.9. The van der Waals surface area contributed by atoms with E-state index in [1.165, 1.54) is 35.1 Å². The van der Waals surface area contributed by atoms with Crippen LogP contribution in [-0.4, -0.2) is 85.5 Å². The van der Waals surface area contributed by atoms with Crippen LogP contribution in [-0.2, 0) is 14.8 Å². The molecule has 0 spiro atoms. The zero-order valence-corrected chi connectivity index (χ0v) is 17.5. The number of pyridine rings is 1. The molecule has 2 saturated heterocycles. The van der Waals surface area contributed by atoms with Crippen molar-refractivity contribution in [2.75, 3.05) is 52.1 Å². The lowest BCUT2D eigenvalue weighted by Crippen LogP contribution is -2.47. The number of thioether (sulfide) groups is 1. The Labute approximate surface area is 166 Å². The Bertz CT molecular complexity index is 723. The fourth-order valence-corrected chi connectivity index (χ4v) is 5.44.